The molecule has 0 heterocycles. The van der Waals surface area contributed by atoms with Gasteiger partial charge in [0.25, 0.3) is 0 Å². The molecule has 2 aromatic carbocycles. The van der Waals surface area contributed by atoms with E-state index in [1.807, 2.05) is 0 Å². The van der Waals surface area contributed by atoms with Gasteiger partial charge >= 0.3 is 0 Å². The van der Waals surface area contributed by atoms with Crippen LogP contribution in [0.1, 0.15) is 15.9 Å². The van der Waals surface area contributed by atoms with E-state index in [1.165, 1.54) is 24.3 Å². The van der Waals surface area contributed by atoms with Crippen LogP contribution in [-0.2, 0) is 0 Å². The van der Waals surface area contributed by atoms with Gasteiger partial charge in [0, 0.05) is 16.8 Å². The summed E-state index contributed by atoms with van der Waals surface area (Å²) in [6, 6.07) is 7.32. The topological polar surface area (TPSA) is 43.1 Å². The lowest BCUT2D eigenvalue weighted by Crippen LogP contribution is -2.04. The van der Waals surface area contributed by atoms with Crippen molar-refractivity contribution in [1.82, 2.24) is 0 Å². The molecule has 0 fully saturated rings. The van der Waals surface area contributed by atoms with Crippen molar-refractivity contribution in [2.75, 3.05) is 5.73 Å². The second kappa shape index (κ2) is 4.74. The van der Waals surface area contributed by atoms with Crippen molar-refractivity contribution in [1.29, 1.82) is 0 Å². The van der Waals surface area contributed by atoms with Crippen LogP contribution in [0.3, 0.4) is 0 Å². The largest absolute Gasteiger partial charge is 0.399 e. The summed E-state index contributed by atoms with van der Waals surface area (Å²) in [4.78, 5) is 12.0. The minimum absolute atomic E-state index is 0.0283. The number of carbonyl (C=O) groups excluding carboxylic acids is 1. The Morgan fingerprint density at radius 2 is 1.78 bits per heavy atom. The fourth-order valence-electron chi connectivity index (χ4n) is 1.51. The predicted molar refractivity (Wildman–Crippen MR) is 65.7 cm³/mol. The first-order valence-corrected chi connectivity index (χ1v) is 5.41. The van der Waals surface area contributed by atoms with Gasteiger partial charge in [-0.05, 0) is 36.4 Å². The van der Waals surface area contributed by atoms with Crippen LogP contribution < -0.4 is 5.73 Å². The van der Waals surface area contributed by atoms with Crippen LogP contribution in [0.4, 0.5) is 14.5 Å². The van der Waals surface area contributed by atoms with E-state index >= 15 is 0 Å². The lowest BCUT2D eigenvalue weighted by molar-refractivity contribution is 0.103. The Bertz CT molecular complexity index is 628. The minimum Gasteiger partial charge on any atom is -0.399 e. The molecule has 18 heavy (non-hydrogen) atoms. The maximum atomic E-state index is 13.0. The summed E-state index contributed by atoms with van der Waals surface area (Å²) >= 11 is 5.88. The van der Waals surface area contributed by atoms with Gasteiger partial charge in [0.05, 0.1) is 5.02 Å². The van der Waals surface area contributed by atoms with E-state index < -0.39 is 17.4 Å². The van der Waals surface area contributed by atoms with Crippen LogP contribution in [0.2, 0.25) is 5.02 Å². The minimum atomic E-state index is -1.08. The molecule has 0 saturated carbocycles. The van der Waals surface area contributed by atoms with Gasteiger partial charge in [0.15, 0.2) is 17.4 Å². The maximum Gasteiger partial charge on any atom is 0.194 e. The summed E-state index contributed by atoms with van der Waals surface area (Å²) in [6.07, 6.45) is 0. The Morgan fingerprint density at radius 3 is 2.39 bits per heavy atom. The third-order valence-electron chi connectivity index (χ3n) is 2.42. The van der Waals surface area contributed by atoms with Crippen LogP contribution in [0.5, 0.6) is 0 Å². The van der Waals surface area contributed by atoms with E-state index in [4.69, 9.17) is 17.3 Å². The van der Waals surface area contributed by atoms with Crippen molar-refractivity contribution in [3.8, 4) is 0 Å². The standard InChI is InChI=1S/C13H8ClF2NO/c14-10-6-8(17)2-3-9(10)13(18)7-1-4-11(15)12(16)5-7/h1-6H,17H2. The molecular weight excluding hydrogens is 260 g/mol. The number of nitrogen functional groups attached to an aromatic ring is 1. The molecule has 0 unspecified atom stereocenters. The average Bonchev–Trinajstić information content (AvgIpc) is 2.32. The number of halogens is 3. The van der Waals surface area contributed by atoms with Gasteiger partial charge in [-0.15, -0.1) is 0 Å². The summed E-state index contributed by atoms with van der Waals surface area (Å²) in [5, 5.41) is 0.171. The monoisotopic (exact) mass is 267 g/mol. The molecule has 2 N–H and O–H groups in total. The highest BCUT2D eigenvalue weighted by molar-refractivity contribution is 6.35. The van der Waals surface area contributed by atoms with E-state index in [9.17, 15) is 13.6 Å². The first-order valence-electron chi connectivity index (χ1n) is 5.04. The highest BCUT2D eigenvalue weighted by atomic mass is 35.5. The van der Waals surface area contributed by atoms with Gasteiger partial charge in [-0.25, -0.2) is 8.78 Å². The Balaban J connectivity index is 2.44. The molecule has 0 spiro atoms. The zero-order valence-electron chi connectivity index (χ0n) is 9.08. The first-order chi connectivity index (χ1) is 8.49. The zero-order chi connectivity index (χ0) is 13.3. The molecule has 0 aromatic heterocycles. The second-order valence-electron chi connectivity index (χ2n) is 3.70. The van der Waals surface area contributed by atoms with E-state index in [0.717, 1.165) is 12.1 Å². The summed E-state index contributed by atoms with van der Waals surface area (Å²) in [7, 11) is 0. The molecule has 2 rings (SSSR count). The number of benzene rings is 2. The Morgan fingerprint density at radius 1 is 1.06 bits per heavy atom. The van der Waals surface area contributed by atoms with Crippen molar-refractivity contribution < 1.29 is 13.6 Å². The Kier molecular flexibility index (Phi) is 3.30. The number of hydrogen-bond acceptors (Lipinski definition) is 2. The molecule has 0 saturated heterocycles. The van der Waals surface area contributed by atoms with Crippen molar-refractivity contribution in [2.45, 2.75) is 0 Å². The molecule has 0 amide bonds. The second-order valence-corrected chi connectivity index (χ2v) is 4.10. The Labute approximate surface area is 107 Å². The Hall–Kier alpha value is -1.94. The van der Waals surface area contributed by atoms with Crippen molar-refractivity contribution in [3.63, 3.8) is 0 Å². The number of carbonyl (C=O) groups is 1. The van der Waals surface area contributed by atoms with E-state index in [1.54, 1.807) is 0 Å². The number of nitrogens with two attached hydrogens (primary N) is 1. The zero-order valence-corrected chi connectivity index (χ0v) is 9.84. The highest BCUT2D eigenvalue weighted by Crippen LogP contribution is 2.22. The van der Waals surface area contributed by atoms with Crippen LogP contribution >= 0.6 is 11.6 Å². The molecule has 0 radical (unpaired) electrons. The van der Waals surface area contributed by atoms with Gasteiger partial charge in [0.2, 0.25) is 0 Å². The van der Waals surface area contributed by atoms with Gasteiger partial charge < -0.3 is 5.73 Å². The molecule has 0 bridgehead atoms. The summed E-state index contributed by atoms with van der Waals surface area (Å²) in [5.74, 6) is -2.57. The van der Waals surface area contributed by atoms with Gasteiger partial charge in [0.1, 0.15) is 0 Å². The van der Waals surface area contributed by atoms with Crippen LogP contribution in [0.15, 0.2) is 36.4 Å². The third-order valence-corrected chi connectivity index (χ3v) is 2.73. The normalized spacial score (nSPS) is 10.4. The molecule has 0 aliphatic rings. The first kappa shape index (κ1) is 12.5. The molecule has 2 aromatic rings. The van der Waals surface area contributed by atoms with Crippen LogP contribution in [-0.4, -0.2) is 5.78 Å². The lowest BCUT2D eigenvalue weighted by Gasteiger charge is -2.05. The summed E-state index contributed by atoms with van der Waals surface area (Å²) in [5.41, 5.74) is 6.14. The molecular formula is C13H8ClF2NO. The fourth-order valence-corrected chi connectivity index (χ4v) is 1.78. The smallest absolute Gasteiger partial charge is 0.194 e. The number of rotatable bonds is 2. The number of anilines is 1. The molecule has 0 atom stereocenters. The van der Waals surface area contributed by atoms with Crippen molar-refractivity contribution in [3.05, 3.63) is 64.2 Å². The van der Waals surface area contributed by atoms with Crippen LogP contribution in [0, 0.1) is 11.6 Å². The summed E-state index contributed by atoms with van der Waals surface area (Å²) < 4.78 is 25.8. The third kappa shape index (κ3) is 2.33. The number of ketones is 1. The molecule has 92 valence electrons. The molecule has 5 heteroatoms. The van der Waals surface area contributed by atoms with Crippen LogP contribution in [0.25, 0.3) is 0 Å². The van der Waals surface area contributed by atoms with E-state index in [2.05, 4.69) is 0 Å². The summed E-state index contributed by atoms with van der Waals surface area (Å²) in [6.45, 7) is 0. The highest BCUT2D eigenvalue weighted by Gasteiger charge is 2.14. The van der Waals surface area contributed by atoms with Gasteiger partial charge in [-0.3, -0.25) is 4.79 Å². The quantitative estimate of drug-likeness (QED) is 0.669. The van der Waals surface area contributed by atoms with Gasteiger partial charge in [-0.1, -0.05) is 11.6 Å². The molecule has 0 aliphatic heterocycles. The van der Waals surface area contributed by atoms with Crippen molar-refractivity contribution in [2.24, 2.45) is 0 Å². The van der Waals surface area contributed by atoms with Crippen molar-refractivity contribution >= 4 is 23.1 Å². The fraction of sp³-hybridized carbons (Fsp3) is 0. The van der Waals surface area contributed by atoms with Gasteiger partial charge in [-0.2, -0.15) is 0 Å². The van der Waals surface area contributed by atoms with E-state index in [-0.39, 0.29) is 16.1 Å². The maximum absolute atomic E-state index is 13.0. The lowest BCUT2D eigenvalue weighted by atomic mass is 10.0. The molecule has 0 aliphatic carbocycles. The average molecular weight is 268 g/mol. The van der Waals surface area contributed by atoms with E-state index in [0.29, 0.717) is 5.69 Å². The number of hydrogen-bond donors (Lipinski definition) is 1. The SMILES string of the molecule is Nc1ccc(C(=O)c2ccc(F)c(F)c2)c(Cl)c1. The molecule has 2 nitrogen and oxygen atoms in total. The predicted octanol–water partition coefficient (Wildman–Crippen LogP) is 3.43.